The van der Waals surface area contributed by atoms with Crippen LogP contribution in [0.3, 0.4) is 0 Å². The number of benzene rings is 3. The average Bonchev–Trinajstić information content (AvgIpc) is 2.51. The minimum atomic E-state index is -0.0146. The van der Waals surface area contributed by atoms with Gasteiger partial charge in [-0.15, -0.1) is 0 Å². The maximum Gasteiger partial charge on any atom is 0.166 e. The largest absolute Gasteiger partial charge is 1.00 e. The van der Waals surface area contributed by atoms with Crippen LogP contribution in [0.15, 0.2) is 106 Å². The molecule has 3 rings (SSSR count). The van der Waals surface area contributed by atoms with Crippen molar-refractivity contribution in [1.82, 2.24) is 0 Å². The van der Waals surface area contributed by atoms with Crippen molar-refractivity contribution in [3.63, 3.8) is 0 Å². The maximum atomic E-state index is 2.21. The van der Waals surface area contributed by atoms with Crippen molar-refractivity contribution in [3.05, 3.63) is 91.0 Å². The van der Waals surface area contributed by atoms with E-state index in [1.54, 1.807) is 0 Å². The number of hydrogen-bond donors (Lipinski definition) is 0. The van der Waals surface area contributed by atoms with Crippen LogP contribution >= 0.6 is 0 Å². The van der Waals surface area contributed by atoms with Crippen LogP contribution in [0.5, 0.6) is 0 Å². The summed E-state index contributed by atoms with van der Waals surface area (Å²) in [6.45, 7) is 0. The standard InChI is InChI=1S/C18H15S.ClH/c1-4-10-16(11-5-1)19(17-12-6-2-7-13-17)18-14-8-3-9-15-18;/h1-15H;1H/q+1;/p-1. The smallest absolute Gasteiger partial charge is 0.166 e. The molecule has 20 heavy (non-hydrogen) atoms. The molecular weight excluding hydrogens is 284 g/mol. The predicted molar refractivity (Wildman–Crippen MR) is 81.5 cm³/mol. The molecule has 0 unspecified atom stereocenters. The minimum Gasteiger partial charge on any atom is -1.00 e. The highest BCUT2D eigenvalue weighted by atomic mass is 35.5. The second kappa shape index (κ2) is 7.18. The molecule has 100 valence electrons. The fraction of sp³-hybridized carbons (Fsp3) is 0. The Morgan fingerprint density at radius 3 is 0.900 bits per heavy atom. The summed E-state index contributed by atoms with van der Waals surface area (Å²) in [5.41, 5.74) is 0. The van der Waals surface area contributed by atoms with Crippen LogP contribution in [0.4, 0.5) is 0 Å². The summed E-state index contributed by atoms with van der Waals surface area (Å²) in [6, 6.07) is 32.2. The van der Waals surface area contributed by atoms with Gasteiger partial charge in [0.25, 0.3) is 0 Å². The van der Waals surface area contributed by atoms with Crippen molar-refractivity contribution < 1.29 is 12.4 Å². The van der Waals surface area contributed by atoms with Gasteiger partial charge in [0.05, 0.1) is 10.9 Å². The molecule has 0 nitrogen and oxygen atoms in total. The van der Waals surface area contributed by atoms with Gasteiger partial charge in [0, 0.05) is 0 Å². The van der Waals surface area contributed by atoms with E-state index in [2.05, 4.69) is 91.0 Å². The molecule has 3 aromatic rings. The van der Waals surface area contributed by atoms with Gasteiger partial charge in [0.2, 0.25) is 0 Å². The zero-order valence-corrected chi connectivity index (χ0v) is 12.5. The second-order valence-corrected chi connectivity index (χ2v) is 6.27. The molecule has 0 bridgehead atoms. The van der Waals surface area contributed by atoms with Crippen molar-refractivity contribution in [2.24, 2.45) is 0 Å². The Morgan fingerprint density at radius 2 is 0.650 bits per heavy atom. The summed E-state index contributed by atoms with van der Waals surface area (Å²) in [6.07, 6.45) is 0. The van der Waals surface area contributed by atoms with Gasteiger partial charge in [-0.25, -0.2) is 0 Å². The highest BCUT2D eigenvalue weighted by Gasteiger charge is 2.27. The number of rotatable bonds is 3. The Balaban J connectivity index is 0.00000147. The van der Waals surface area contributed by atoms with Crippen molar-refractivity contribution >= 4 is 10.9 Å². The highest BCUT2D eigenvalue weighted by Crippen LogP contribution is 2.30. The molecule has 3 aromatic carbocycles. The van der Waals surface area contributed by atoms with Crippen molar-refractivity contribution in [3.8, 4) is 0 Å². The molecule has 0 saturated carbocycles. The van der Waals surface area contributed by atoms with Crippen molar-refractivity contribution in [2.45, 2.75) is 14.7 Å². The normalized spacial score (nSPS) is 10.1. The van der Waals surface area contributed by atoms with Gasteiger partial charge in [-0.3, -0.25) is 0 Å². The van der Waals surface area contributed by atoms with Crippen LogP contribution < -0.4 is 12.4 Å². The molecule has 0 aliphatic rings. The van der Waals surface area contributed by atoms with E-state index in [0.717, 1.165) is 0 Å². The van der Waals surface area contributed by atoms with E-state index in [9.17, 15) is 0 Å². The molecule has 0 spiro atoms. The van der Waals surface area contributed by atoms with Crippen LogP contribution in [0.1, 0.15) is 0 Å². The minimum absolute atomic E-state index is 0. The lowest BCUT2D eigenvalue weighted by Gasteiger charge is -2.07. The van der Waals surface area contributed by atoms with Crippen LogP contribution in [0.2, 0.25) is 0 Å². The van der Waals surface area contributed by atoms with Gasteiger partial charge < -0.3 is 12.4 Å². The molecule has 0 aromatic heterocycles. The fourth-order valence-corrected chi connectivity index (χ4v) is 4.18. The van der Waals surface area contributed by atoms with E-state index in [4.69, 9.17) is 0 Å². The summed E-state index contributed by atoms with van der Waals surface area (Å²) in [5, 5.41) is 0. The fourth-order valence-electron chi connectivity index (χ4n) is 2.08. The molecule has 0 N–H and O–H groups in total. The number of halogens is 1. The summed E-state index contributed by atoms with van der Waals surface area (Å²) in [7, 11) is -0.0146. The first-order chi connectivity index (χ1) is 9.45. The molecule has 0 saturated heterocycles. The van der Waals surface area contributed by atoms with Gasteiger partial charge >= 0.3 is 0 Å². The zero-order chi connectivity index (χ0) is 12.9. The van der Waals surface area contributed by atoms with E-state index in [1.807, 2.05) is 0 Å². The SMILES string of the molecule is [Cl-].c1ccc([S+](c2ccccc2)c2ccccc2)cc1. The Bertz CT molecular complexity index is 529. The Kier molecular flexibility index (Phi) is 5.28. The topological polar surface area (TPSA) is 0 Å². The third kappa shape index (κ3) is 3.24. The lowest BCUT2D eigenvalue weighted by molar-refractivity contribution is -0.00000371. The van der Waals surface area contributed by atoms with Gasteiger partial charge in [0.15, 0.2) is 14.7 Å². The number of hydrogen-bond acceptors (Lipinski definition) is 0. The van der Waals surface area contributed by atoms with Crippen LogP contribution in [0.25, 0.3) is 0 Å². The first kappa shape index (κ1) is 14.7. The molecule has 0 radical (unpaired) electrons. The molecular formula is C18H15ClS. The summed E-state index contributed by atoms with van der Waals surface area (Å²) < 4.78 is 0. The van der Waals surface area contributed by atoms with Gasteiger partial charge in [-0.2, -0.15) is 0 Å². The lowest BCUT2D eigenvalue weighted by Crippen LogP contribution is -3.00. The molecule has 0 heterocycles. The summed E-state index contributed by atoms with van der Waals surface area (Å²) in [5.74, 6) is 0. The van der Waals surface area contributed by atoms with E-state index < -0.39 is 0 Å². The lowest BCUT2D eigenvalue weighted by atomic mass is 10.4. The third-order valence-electron chi connectivity index (χ3n) is 2.94. The highest BCUT2D eigenvalue weighted by molar-refractivity contribution is 7.97. The summed E-state index contributed by atoms with van der Waals surface area (Å²) >= 11 is 0. The van der Waals surface area contributed by atoms with Crippen molar-refractivity contribution in [2.75, 3.05) is 0 Å². The molecule has 0 amide bonds. The monoisotopic (exact) mass is 298 g/mol. The van der Waals surface area contributed by atoms with Gasteiger partial charge in [0.1, 0.15) is 0 Å². The quantitative estimate of drug-likeness (QED) is 0.647. The first-order valence-electron chi connectivity index (χ1n) is 6.34. The first-order valence-corrected chi connectivity index (χ1v) is 7.57. The molecule has 0 fully saturated rings. The van der Waals surface area contributed by atoms with Crippen molar-refractivity contribution in [1.29, 1.82) is 0 Å². The second-order valence-electron chi connectivity index (χ2n) is 4.25. The Hall–Kier alpha value is -1.70. The molecule has 0 aliphatic carbocycles. The van der Waals surface area contributed by atoms with Gasteiger partial charge in [-0.05, 0) is 36.4 Å². The Labute approximate surface area is 129 Å². The predicted octanol–water partition coefficient (Wildman–Crippen LogP) is 1.79. The molecule has 0 atom stereocenters. The Morgan fingerprint density at radius 1 is 0.400 bits per heavy atom. The molecule has 2 heteroatoms. The molecule has 0 aliphatic heterocycles. The van der Waals surface area contributed by atoms with Crippen LogP contribution in [-0.4, -0.2) is 0 Å². The van der Waals surface area contributed by atoms with Crippen LogP contribution in [0, 0.1) is 0 Å². The third-order valence-corrected chi connectivity index (χ3v) is 5.17. The zero-order valence-electron chi connectivity index (χ0n) is 10.9. The van der Waals surface area contributed by atoms with E-state index in [1.165, 1.54) is 14.7 Å². The van der Waals surface area contributed by atoms with Gasteiger partial charge in [-0.1, -0.05) is 54.6 Å². The van der Waals surface area contributed by atoms with E-state index in [-0.39, 0.29) is 23.3 Å². The van der Waals surface area contributed by atoms with E-state index >= 15 is 0 Å². The maximum absolute atomic E-state index is 2.21. The van der Waals surface area contributed by atoms with E-state index in [0.29, 0.717) is 0 Å². The average molecular weight is 299 g/mol. The van der Waals surface area contributed by atoms with Crippen LogP contribution in [-0.2, 0) is 10.9 Å². The summed E-state index contributed by atoms with van der Waals surface area (Å²) in [4.78, 5) is 4.08.